The summed E-state index contributed by atoms with van der Waals surface area (Å²) in [7, 11) is 0. The molecular weight excluding hydrogens is 309 g/mol. The second-order valence-corrected chi connectivity index (χ2v) is 6.18. The minimum absolute atomic E-state index is 0.192. The van der Waals surface area contributed by atoms with Crippen LogP contribution in [0.25, 0.3) is 22.2 Å². The van der Waals surface area contributed by atoms with E-state index >= 15 is 0 Å². The zero-order chi connectivity index (χ0) is 17.1. The topological polar surface area (TPSA) is 12.9 Å². The molecule has 3 aromatic carbocycles. The van der Waals surface area contributed by atoms with Crippen molar-refractivity contribution in [1.82, 2.24) is 4.98 Å². The highest BCUT2D eigenvalue weighted by Crippen LogP contribution is 2.24. The van der Waals surface area contributed by atoms with E-state index in [1.807, 2.05) is 30.3 Å². The second-order valence-electron chi connectivity index (χ2n) is 6.18. The van der Waals surface area contributed by atoms with Crippen LogP contribution in [-0.4, -0.2) is 4.98 Å². The van der Waals surface area contributed by atoms with Crippen molar-refractivity contribution < 1.29 is 4.39 Å². The number of fused-ring (bicyclic) bond motifs is 1. The number of pyridine rings is 1. The summed E-state index contributed by atoms with van der Waals surface area (Å²) in [5, 5.41) is 1.15. The van der Waals surface area contributed by atoms with Gasteiger partial charge in [0.1, 0.15) is 5.82 Å². The van der Waals surface area contributed by atoms with Crippen molar-refractivity contribution in [2.75, 3.05) is 0 Å². The van der Waals surface area contributed by atoms with E-state index in [0.717, 1.165) is 40.6 Å². The highest BCUT2D eigenvalue weighted by atomic mass is 19.1. The summed E-state index contributed by atoms with van der Waals surface area (Å²) in [6.45, 7) is 0. The van der Waals surface area contributed by atoms with Crippen LogP contribution in [0.3, 0.4) is 0 Å². The summed E-state index contributed by atoms with van der Waals surface area (Å²) >= 11 is 0. The fourth-order valence-electron chi connectivity index (χ4n) is 3.11. The Morgan fingerprint density at radius 1 is 0.680 bits per heavy atom. The quantitative estimate of drug-likeness (QED) is 0.460. The standard InChI is InChI=1S/C23H18FN/c24-21-14-10-17(11-15-21)9-12-19-7-4-8-20-13-16-22(25-23(19)20)18-5-2-1-3-6-18/h1-8,10-11,13-16H,9,12H2. The maximum absolute atomic E-state index is 13.1. The minimum Gasteiger partial charge on any atom is -0.248 e. The largest absolute Gasteiger partial charge is 0.248 e. The zero-order valence-electron chi connectivity index (χ0n) is 13.8. The van der Waals surface area contributed by atoms with Crippen LogP contribution in [0.15, 0.2) is 84.9 Å². The van der Waals surface area contributed by atoms with Crippen LogP contribution in [0, 0.1) is 5.82 Å². The summed E-state index contributed by atoms with van der Waals surface area (Å²) < 4.78 is 13.1. The normalized spacial score (nSPS) is 10.9. The molecule has 0 saturated carbocycles. The Bertz CT molecular complexity index is 991. The second kappa shape index (κ2) is 6.86. The van der Waals surface area contributed by atoms with E-state index in [0.29, 0.717) is 0 Å². The van der Waals surface area contributed by atoms with Crippen LogP contribution in [-0.2, 0) is 12.8 Å². The zero-order valence-corrected chi connectivity index (χ0v) is 13.8. The maximum Gasteiger partial charge on any atom is 0.123 e. The monoisotopic (exact) mass is 327 g/mol. The molecule has 0 saturated heterocycles. The molecule has 0 aliphatic rings. The van der Waals surface area contributed by atoms with Gasteiger partial charge in [-0.15, -0.1) is 0 Å². The van der Waals surface area contributed by atoms with Crippen LogP contribution in [0.4, 0.5) is 4.39 Å². The number of hydrogen-bond acceptors (Lipinski definition) is 1. The van der Waals surface area contributed by atoms with Crippen molar-refractivity contribution in [2.24, 2.45) is 0 Å². The first-order valence-corrected chi connectivity index (χ1v) is 8.48. The van der Waals surface area contributed by atoms with Gasteiger partial charge in [-0.05, 0) is 42.2 Å². The first-order chi connectivity index (χ1) is 12.3. The first-order valence-electron chi connectivity index (χ1n) is 8.48. The highest BCUT2D eigenvalue weighted by molar-refractivity contribution is 5.84. The van der Waals surface area contributed by atoms with Crippen molar-refractivity contribution in [3.63, 3.8) is 0 Å². The van der Waals surface area contributed by atoms with Crippen LogP contribution < -0.4 is 0 Å². The van der Waals surface area contributed by atoms with Crippen molar-refractivity contribution in [1.29, 1.82) is 0 Å². The highest BCUT2D eigenvalue weighted by Gasteiger charge is 2.06. The van der Waals surface area contributed by atoms with Gasteiger partial charge in [0.25, 0.3) is 0 Å². The molecule has 0 aliphatic heterocycles. The van der Waals surface area contributed by atoms with Gasteiger partial charge in [0.05, 0.1) is 11.2 Å². The van der Waals surface area contributed by atoms with Gasteiger partial charge in [0.15, 0.2) is 0 Å². The lowest BCUT2D eigenvalue weighted by Gasteiger charge is -2.09. The molecule has 4 rings (SSSR count). The lowest BCUT2D eigenvalue weighted by atomic mass is 10.0. The van der Waals surface area contributed by atoms with Gasteiger partial charge in [0, 0.05) is 10.9 Å². The molecule has 1 aromatic heterocycles. The molecule has 4 aromatic rings. The van der Waals surface area contributed by atoms with Gasteiger partial charge in [-0.1, -0.05) is 66.7 Å². The molecule has 2 heteroatoms. The molecule has 25 heavy (non-hydrogen) atoms. The van der Waals surface area contributed by atoms with Gasteiger partial charge in [-0.3, -0.25) is 0 Å². The Balaban J connectivity index is 1.67. The third-order valence-corrected chi connectivity index (χ3v) is 4.47. The number of nitrogens with zero attached hydrogens (tertiary/aromatic N) is 1. The number of rotatable bonds is 4. The van der Waals surface area contributed by atoms with Crippen LogP contribution in [0.1, 0.15) is 11.1 Å². The average Bonchev–Trinajstić information content (AvgIpc) is 2.68. The van der Waals surface area contributed by atoms with Crippen molar-refractivity contribution in [3.8, 4) is 11.3 Å². The Morgan fingerprint density at radius 3 is 2.28 bits per heavy atom. The fourth-order valence-corrected chi connectivity index (χ4v) is 3.11. The van der Waals surface area contributed by atoms with Gasteiger partial charge in [-0.25, -0.2) is 9.37 Å². The number of aromatic nitrogens is 1. The lowest BCUT2D eigenvalue weighted by Crippen LogP contribution is -1.95. The van der Waals surface area contributed by atoms with E-state index in [1.165, 1.54) is 17.7 Å². The van der Waals surface area contributed by atoms with E-state index in [9.17, 15) is 4.39 Å². The van der Waals surface area contributed by atoms with E-state index in [-0.39, 0.29) is 5.82 Å². The van der Waals surface area contributed by atoms with Gasteiger partial charge < -0.3 is 0 Å². The molecule has 0 radical (unpaired) electrons. The van der Waals surface area contributed by atoms with Crippen LogP contribution >= 0.6 is 0 Å². The SMILES string of the molecule is Fc1ccc(CCc2cccc3ccc(-c4ccccc4)nc23)cc1. The van der Waals surface area contributed by atoms with E-state index < -0.39 is 0 Å². The molecule has 0 amide bonds. The Kier molecular flexibility index (Phi) is 4.26. The number of benzene rings is 3. The Hall–Kier alpha value is -3.00. The van der Waals surface area contributed by atoms with E-state index in [2.05, 4.69) is 42.5 Å². The third kappa shape index (κ3) is 3.43. The molecule has 0 aliphatic carbocycles. The molecular formula is C23H18FN. The predicted octanol–water partition coefficient (Wildman–Crippen LogP) is 5.83. The van der Waals surface area contributed by atoms with Gasteiger partial charge in [-0.2, -0.15) is 0 Å². The predicted molar refractivity (Wildman–Crippen MR) is 101 cm³/mol. The smallest absolute Gasteiger partial charge is 0.123 e. The lowest BCUT2D eigenvalue weighted by molar-refractivity contribution is 0.627. The summed E-state index contributed by atoms with van der Waals surface area (Å²) in [6.07, 6.45) is 1.75. The van der Waals surface area contributed by atoms with Crippen LogP contribution in [0.2, 0.25) is 0 Å². The molecule has 1 heterocycles. The summed E-state index contributed by atoms with van der Waals surface area (Å²) in [5.74, 6) is -0.192. The number of aryl methyl sites for hydroxylation is 2. The summed E-state index contributed by atoms with van der Waals surface area (Å²) in [6, 6.07) is 27.5. The molecule has 1 nitrogen and oxygen atoms in total. The Labute approximate surface area is 146 Å². The molecule has 0 unspecified atom stereocenters. The number of hydrogen-bond donors (Lipinski definition) is 0. The van der Waals surface area contributed by atoms with E-state index in [1.54, 1.807) is 0 Å². The Morgan fingerprint density at radius 2 is 1.48 bits per heavy atom. The van der Waals surface area contributed by atoms with Gasteiger partial charge >= 0.3 is 0 Å². The van der Waals surface area contributed by atoms with Crippen molar-refractivity contribution in [3.05, 3.63) is 102 Å². The van der Waals surface area contributed by atoms with Crippen LogP contribution in [0.5, 0.6) is 0 Å². The summed E-state index contributed by atoms with van der Waals surface area (Å²) in [4.78, 5) is 4.91. The molecule has 0 spiro atoms. The molecule has 0 fully saturated rings. The average molecular weight is 327 g/mol. The first kappa shape index (κ1) is 15.5. The third-order valence-electron chi connectivity index (χ3n) is 4.47. The number of halogens is 1. The molecule has 0 bridgehead atoms. The number of para-hydroxylation sites is 1. The maximum atomic E-state index is 13.1. The summed E-state index contributed by atoms with van der Waals surface area (Å²) in [5.41, 5.74) is 5.52. The molecule has 0 N–H and O–H groups in total. The minimum atomic E-state index is -0.192. The van der Waals surface area contributed by atoms with Crippen molar-refractivity contribution in [2.45, 2.75) is 12.8 Å². The van der Waals surface area contributed by atoms with E-state index in [4.69, 9.17) is 4.98 Å². The molecule has 122 valence electrons. The fraction of sp³-hybridized carbons (Fsp3) is 0.0870. The van der Waals surface area contributed by atoms with Crippen molar-refractivity contribution >= 4 is 10.9 Å². The van der Waals surface area contributed by atoms with Gasteiger partial charge in [0.2, 0.25) is 0 Å². The molecule has 0 atom stereocenters.